The number of hydrogen-bond acceptors (Lipinski definition) is 2. The second-order valence-corrected chi connectivity index (χ2v) is 4.19. The highest BCUT2D eigenvalue weighted by molar-refractivity contribution is 9.10. The van der Waals surface area contributed by atoms with Crippen molar-refractivity contribution < 1.29 is 4.79 Å². The first-order valence-electron chi connectivity index (χ1n) is 4.45. The maximum absolute atomic E-state index is 11.9. The second kappa shape index (κ2) is 4.94. The molecular formula is C11H11BrN2O. The monoisotopic (exact) mass is 266 g/mol. The zero-order valence-electron chi connectivity index (χ0n) is 8.62. The van der Waals surface area contributed by atoms with Crippen molar-refractivity contribution in [1.29, 1.82) is 5.26 Å². The van der Waals surface area contributed by atoms with Crippen LogP contribution < -0.4 is 0 Å². The molecule has 0 atom stereocenters. The molecule has 0 N–H and O–H groups in total. The molecule has 0 unspecified atom stereocenters. The van der Waals surface area contributed by atoms with E-state index in [1.54, 1.807) is 13.1 Å². The van der Waals surface area contributed by atoms with E-state index in [1.165, 1.54) is 4.90 Å². The molecule has 0 saturated carbocycles. The molecule has 1 rings (SSSR count). The van der Waals surface area contributed by atoms with Gasteiger partial charge in [0.05, 0.1) is 6.07 Å². The van der Waals surface area contributed by atoms with Crippen LogP contribution >= 0.6 is 15.9 Å². The second-order valence-electron chi connectivity index (χ2n) is 3.28. The lowest BCUT2D eigenvalue weighted by atomic mass is 10.1. The van der Waals surface area contributed by atoms with Gasteiger partial charge in [0.2, 0.25) is 0 Å². The molecule has 1 aromatic rings. The number of halogens is 1. The molecule has 0 aliphatic rings. The lowest BCUT2D eigenvalue weighted by Gasteiger charge is -2.14. The molecule has 3 nitrogen and oxygen atoms in total. The average molecular weight is 267 g/mol. The van der Waals surface area contributed by atoms with Crippen molar-refractivity contribution >= 4 is 21.8 Å². The van der Waals surface area contributed by atoms with Crippen LogP contribution in [0, 0.1) is 18.3 Å². The van der Waals surface area contributed by atoms with Crippen LogP contribution in [0.25, 0.3) is 0 Å². The smallest absolute Gasteiger partial charge is 0.254 e. The van der Waals surface area contributed by atoms with Crippen molar-refractivity contribution in [3.05, 3.63) is 33.8 Å². The summed E-state index contributed by atoms with van der Waals surface area (Å²) in [6.07, 6.45) is 0. The van der Waals surface area contributed by atoms with Gasteiger partial charge in [-0.1, -0.05) is 22.0 Å². The van der Waals surface area contributed by atoms with E-state index in [9.17, 15) is 4.79 Å². The topological polar surface area (TPSA) is 44.1 Å². The fourth-order valence-electron chi connectivity index (χ4n) is 1.21. The Morgan fingerprint density at radius 2 is 2.27 bits per heavy atom. The molecule has 0 spiro atoms. The van der Waals surface area contributed by atoms with Gasteiger partial charge in [-0.2, -0.15) is 5.26 Å². The summed E-state index contributed by atoms with van der Waals surface area (Å²) in [5.74, 6) is -0.129. The molecule has 4 heteroatoms. The molecular weight excluding hydrogens is 256 g/mol. The Morgan fingerprint density at radius 1 is 1.60 bits per heavy atom. The van der Waals surface area contributed by atoms with E-state index in [2.05, 4.69) is 15.9 Å². The number of nitrogens with zero attached hydrogens (tertiary/aromatic N) is 2. The summed E-state index contributed by atoms with van der Waals surface area (Å²) >= 11 is 3.32. The van der Waals surface area contributed by atoms with Gasteiger partial charge in [-0.15, -0.1) is 0 Å². The fourth-order valence-corrected chi connectivity index (χ4v) is 1.57. The van der Waals surface area contributed by atoms with E-state index >= 15 is 0 Å². The maximum Gasteiger partial charge on any atom is 0.254 e. The van der Waals surface area contributed by atoms with Crippen LogP contribution in [-0.4, -0.2) is 24.4 Å². The zero-order valence-corrected chi connectivity index (χ0v) is 10.2. The third-order valence-electron chi connectivity index (χ3n) is 2.08. The molecule has 0 bridgehead atoms. The highest BCUT2D eigenvalue weighted by Gasteiger charge is 2.13. The van der Waals surface area contributed by atoms with Gasteiger partial charge in [0.25, 0.3) is 5.91 Å². The molecule has 0 aromatic heterocycles. The van der Waals surface area contributed by atoms with Gasteiger partial charge in [-0.3, -0.25) is 4.79 Å². The third-order valence-corrected chi connectivity index (χ3v) is 2.58. The Labute approximate surface area is 97.4 Å². The number of nitriles is 1. The predicted octanol–water partition coefficient (Wildman–Crippen LogP) is 2.35. The summed E-state index contributed by atoms with van der Waals surface area (Å²) in [4.78, 5) is 13.3. The lowest BCUT2D eigenvalue weighted by molar-refractivity contribution is 0.0811. The first kappa shape index (κ1) is 11.7. The summed E-state index contributed by atoms with van der Waals surface area (Å²) in [7, 11) is 1.62. The highest BCUT2D eigenvalue weighted by atomic mass is 79.9. The van der Waals surface area contributed by atoms with Gasteiger partial charge in [0.15, 0.2) is 0 Å². The first-order chi connectivity index (χ1) is 7.06. The summed E-state index contributed by atoms with van der Waals surface area (Å²) in [6, 6.07) is 7.47. The van der Waals surface area contributed by atoms with Gasteiger partial charge < -0.3 is 4.90 Å². The Bertz CT molecular complexity index is 423. The van der Waals surface area contributed by atoms with Crippen molar-refractivity contribution in [2.45, 2.75) is 6.92 Å². The van der Waals surface area contributed by atoms with Crippen molar-refractivity contribution in [2.24, 2.45) is 0 Å². The molecule has 78 valence electrons. The number of rotatable bonds is 2. The predicted molar refractivity (Wildman–Crippen MR) is 61.5 cm³/mol. The van der Waals surface area contributed by atoms with Gasteiger partial charge in [-0.05, 0) is 24.6 Å². The minimum atomic E-state index is -0.129. The zero-order chi connectivity index (χ0) is 11.4. The standard InChI is InChI=1S/C11H11BrN2O/c1-8-3-4-9(12)7-10(8)11(15)14(2)6-5-13/h3-4,7H,6H2,1-2H3. The van der Waals surface area contributed by atoms with Crippen LogP contribution in [0.15, 0.2) is 22.7 Å². The van der Waals surface area contributed by atoms with E-state index in [0.717, 1.165) is 10.0 Å². The van der Waals surface area contributed by atoms with Gasteiger partial charge in [0, 0.05) is 17.1 Å². The normalized spacial score (nSPS) is 9.47. The van der Waals surface area contributed by atoms with Crippen molar-refractivity contribution in [1.82, 2.24) is 4.90 Å². The number of carbonyl (C=O) groups is 1. The Kier molecular flexibility index (Phi) is 3.87. The van der Waals surface area contributed by atoms with E-state index in [0.29, 0.717) is 5.56 Å². The van der Waals surface area contributed by atoms with E-state index in [1.807, 2.05) is 25.1 Å². The van der Waals surface area contributed by atoms with E-state index in [-0.39, 0.29) is 12.5 Å². The molecule has 0 radical (unpaired) electrons. The number of aryl methyl sites for hydroxylation is 1. The molecule has 0 heterocycles. The van der Waals surface area contributed by atoms with Crippen molar-refractivity contribution in [3.8, 4) is 6.07 Å². The number of carbonyl (C=O) groups excluding carboxylic acids is 1. The fraction of sp³-hybridized carbons (Fsp3) is 0.273. The Hall–Kier alpha value is -1.34. The molecule has 0 aliphatic heterocycles. The maximum atomic E-state index is 11.9. The third kappa shape index (κ3) is 2.80. The first-order valence-corrected chi connectivity index (χ1v) is 5.24. The van der Waals surface area contributed by atoms with Crippen molar-refractivity contribution in [2.75, 3.05) is 13.6 Å². The van der Waals surface area contributed by atoms with Crippen LogP contribution in [0.2, 0.25) is 0 Å². The van der Waals surface area contributed by atoms with E-state index < -0.39 is 0 Å². The van der Waals surface area contributed by atoms with Crippen LogP contribution in [-0.2, 0) is 0 Å². The molecule has 15 heavy (non-hydrogen) atoms. The van der Waals surface area contributed by atoms with Gasteiger partial charge >= 0.3 is 0 Å². The SMILES string of the molecule is Cc1ccc(Br)cc1C(=O)N(C)CC#N. The number of hydrogen-bond donors (Lipinski definition) is 0. The van der Waals surface area contributed by atoms with Crippen molar-refractivity contribution in [3.63, 3.8) is 0 Å². The summed E-state index contributed by atoms with van der Waals surface area (Å²) in [5, 5.41) is 8.50. The largest absolute Gasteiger partial charge is 0.328 e. The molecule has 1 aromatic carbocycles. The Morgan fingerprint density at radius 3 is 2.87 bits per heavy atom. The van der Waals surface area contributed by atoms with Crippen LogP contribution in [0.4, 0.5) is 0 Å². The molecule has 0 fully saturated rings. The minimum Gasteiger partial charge on any atom is -0.328 e. The summed E-state index contributed by atoms with van der Waals surface area (Å²) in [6.45, 7) is 1.98. The minimum absolute atomic E-state index is 0.102. The molecule has 1 amide bonds. The van der Waals surface area contributed by atoms with Crippen LogP contribution in [0.1, 0.15) is 15.9 Å². The molecule has 0 saturated heterocycles. The number of amides is 1. The molecule has 0 aliphatic carbocycles. The van der Waals surface area contributed by atoms with E-state index in [4.69, 9.17) is 5.26 Å². The Balaban J connectivity index is 3.01. The van der Waals surface area contributed by atoms with Crippen LogP contribution in [0.5, 0.6) is 0 Å². The summed E-state index contributed by atoms with van der Waals surface area (Å²) < 4.78 is 0.863. The van der Waals surface area contributed by atoms with Crippen LogP contribution in [0.3, 0.4) is 0 Å². The lowest BCUT2D eigenvalue weighted by Crippen LogP contribution is -2.27. The quantitative estimate of drug-likeness (QED) is 0.772. The van der Waals surface area contributed by atoms with Gasteiger partial charge in [0.1, 0.15) is 6.54 Å². The van der Waals surface area contributed by atoms with Gasteiger partial charge in [-0.25, -0.2) is 0 Å². The number of benzene rings is 1. The highest BCUT2D eigenvalue weighted by Crippen LogP contribution is 2.17. The summed E-state index contributed by atoms with van der Waals surface area (Å²) in [5.41, 5.74) is 1.54. The average Bonchev–Trinajstić information content (AvgIpc) is 2.21.